The van der Waals surface area contributed by atoms with Crippen LogP contribution in [0.2, 0.25) is 0 Å². The van der Waals surface area contributed by atoms with E-state index in [4.69, 9.17) is 0 Å². The molecule has 28 heavy (non-hydrogen) atoms. The van der Waals surface area contributed by atoms with Crippen LogP contribution < -0.4 is 0 Å². The summed E-state index contributed by atoms with van der Waals surface area (Å²) in [6.07, 6.45) is 2.96. The molecular weight excluding hydrogens is 376 g/mol. The van der Waals surface area contributed by atoms with Gasteiger partial charge < -0.3 is 4.90 Å². The Hall–Kier alpha value is -2.71. The number of benzene rings is 2. The average molecular weight is 398 g/mol. The van der Waals surface area contributed by atoms with Crippen LogP contribution >= 0.6 is 0 Å². The molecule has 1 aliphatic rings. The van der Waals surface area contributed by atoms with Crippen LogP contribution in [-0.2, 0) is 17.1 Å². The lowest BCUT2D eigenvalue weighted by Gasteiger charge is -2.33. The van der Waals surface area contributed by atoms with Gasteiger partial charge in [-0.05, 0) is 22.9 Å². The van der Waals surface area contributed by atoms with Crippen molar-refractivity contribution in [2.45, 2.75) is 0 Å². The quantitative estimate of drug-likeness (QED) is 0.676. The van der Waals surface area contributed by atoms with E-state index >= 15 is 0 Å². The summed E-state index contributed by atoms with van der Waals surface area (Å²) in [5.74, 6) is -0.0686. The van der Waals surface area contributed by atoms with Crippen molar-refractivity contribution in [2.24, 2.45) is 7.05 Å². The number of carbonyl (C=O) groups excluding carboxylic acids is 1. The van der Waals surface area contributed by atoms with E-state index in [1.54, 1.807) is 11.1 Å². The van der Waals surface area contributed by atoms with Gasteiger partial charge in [0.2, 0.25) is 10.0 Å². The van der Waals surface area contributed by atoms with Gasteiger partial charge in [0.1, 0.15) is 0 Å². The molecule has 1 aromatic heterocycles. The highest BCUT2D eigenvalue weighted by molar-refractivity contribution is 7.88. The summed E-state index contributed by atoms with van der Waals surface area (Å²) in [4.78, 5) is 14.9. The summed E-state index contributed by atoms with van der Waals surface area (Å²) in [7, 11) is -1.33. The number of fused-ring (bicyclic) bond motifs is 1. The molecule has 0 bridgehead atoms. The Bertz CT molecular complexity index is 1150. The van der Waals surface area contributed by atoms with Crippen molar-refractivity contribution >= 4 is 26.7 Å². The van der Waals surface area contributed by atoms with E-state index < -0.39 is 10.0 Å². The van der Waals surface area contributed by atoms with Crippen LogP contribution in [0.4, 0.5) is 0 Å². The lowest BCUT2D eigenvalue weighted by Crippen LogP contribution is -2.50. The van der Waals surface area contributed by atoms with Crippen LogP contribution in [0.15, 0.2) is 48.7 Å². The first kappa shape index (κ1) is 18.6. The number of aryl methyl sites for hydroxylation is 1. The number of sulfonamides is 1. The molecule has 0 atom stereocenters. The molecule has 8 heteroatoms. The highest BCUT2D eigenvalue weighted by atomic mass is 32.2. The van der Waals surface area contributed by atoms with Gasteiger partial charge in [-0.1, -0.05) is 30.3 Å². The molecule has 0 N–H and O–H groups in total. The number of aromatic nitrogens is 2. The number of carbonyl (C=O) groups is 1. The Balaban J connectivity index is 1.69. The fourth-order valence-corrected chi connectivity index (χ4v) is 4.58. The lowest BCUT2D eigenvalue weighted by molar-refractivity contribution is 0.0700. The van der Waals surface area contributed by atoms with E-state index in [0.717, 1.165) is 22.0 Å². The minimum absolute atomic E-state index is 0.0686. The lowest BCUT2D eigenvalue weighted by atomic mass is 9.97. The maximum absolute atomic E-state index is 13.2. The number of piperazine rings is 1. The third-order valence-corrected chi connectivity index (χ3v) is 6.55. The largest absolute Gasteiger partial charge is 0.336 e. The van der Waals surface area contributed by atoms with Gasteiger partial charge in [-0.15, -0.1) is 0 Å². The van der Waals surface area contributed by atoms with Crippen molar-refractivity contribution in [2.75, 3.05) is 32.4 Å². The summed E-state index contributed by atoms with van der Waals surface area (Å²) < 4.78 is 26.6. The third-order valence-electron chi connectivity index (χ3n) is 5.24. The fraction of sp³-hybridized carbons (Fsp3) is 0.300. The Morgan fingerprint density at radius 2 is 1.64 bits per heavy atom. The van der Waals surface area contributed by atoms with Gasteiger partial charge in [-0.3, -0.25) is 9.48 Å². The zero-order valence-electron chi connectivity index (χ0n) is 15.9. The molecule has 3 aromatic rings. The molecule has 0 aliphatic carbocycles. The normalized spacial score (nSPS) is 15.9. The summed E-state index contributed by atoms with van der Waals surface area (Å²) in [6.45, 7) is 1.44. The number of nitrogens with zero attached hydrogens (tertiary/aromatic N) is 4. The Kier molecular flexibility index (Phi) is 4.68. The number of hydrogen-bond donors (Lipinski definition) is 0. The maximum Gasteiger partial charge on any atom is 0.254 e. The SMILES string of the molecule is Cn1nccc1-c1cccc2c(C(=O)N3CCN(S(C)(=O)=O)CC3)cccc12. The zero-order valence-corrected chi connectivity index (χ0v) is 16.7. The molecule has 1 amide bonds. The van der Waals surface area contributed by atoms with Gasteiger partial charge in [0.15, 0.2) is 0 Å². The second-order valence-corrected chi connectivity index (χ2v) is 8.98. The predicted molar refractivity (Wildman–Crippen MR) is 108 cm³/mol. The molecule has 1 fully saturated rings. The van der Waals surface area contributed by atoms with E-state index in [1.165, 1.54) is 10.6 Å². The van der Waals surface area contributed by atoms with Crippen molar-refractivity contribution in [3.63, 3.8) is 0 Å². The molecule has 7 nitrogen and oxygen atoms in total. The van der Waals surface area contributed by atoms with Gasteiger partial charge in [0, 0.05) is 50.6 Å². The van der Waals surface area contributed by atoms with E-state index in [-0.39, 0.29) is 5.91 Å². The Labute approximate surface area is 164 Å². The second-order valence-electron chi connectivity index (χ2n) is 7.00. The molecule has 0 radical (unpaired) electrons. The molecule has 1 saturated heterocycles. The van der Waals surface area contributed by atoms with E-state index in [0.29, 0.717) is 31.7 Å². The first-order chi connectivity index (χ1) is 13.4. The van der Waals surface area contributed by atoms with Gasteiger partial charge in [0.25, 0.3) is 5.91 Å². The van der Waals surface area contributed by atoms with Gasteiger partial charge in [0.05, 0.1) is 11.9 Å². The molecule has 0 saturated carbocycles. The summed E-state index contributed by atoms with van der Waals surface area (Å²) >= 11 is 0. The van der Waals surface area contributed by atoms with Crippen LogP contribution in [0.5, 0.6) is 0 Å². The number of amides is 1. The molecule has 0 unspecified atom stereocenters. The summed E-state index contributed by atoms with van der Waals surface area (Å²) in [6, 6.07) is 13.6. The summed E-state index contributed by atoms with van der Waals surface area (Å²) in [5.41, 5.74) is 2.64. The van der Waals surface area contributed by atoms with Crippen molar-refractivity contribution in [1.29, 1.82) is 0 Å². The Morgan fingerprint density at radius 3 is 2.29 bits per heavy atom. The minimum atomic E-state index is -3.22. The highest BCUT2D eigenvalue weighted by Gasteiger charge is 2.27. The van der Waals surface area contributed by atoms with Crippen molar-refractivity contribution in [3.8, 4) is 11.3 Å². The van der Waals surface area contributed by atoms with Gasteiger partial charge in [-0.2, -0.15) is 9.40 Å². The van der Waals surface area contributed by atoms with Crippen molar-refractivity contribution in [3.05, 3.63) is 54.2 Å². The standard InChI is InChI=1S/C20H22N4O3S/c1-22-19(9-10-21-22)17-7-3-6-16-15(17)5-4-8-18(16)20(25)23-11-13-24(14-12-23)28(2,26)27/h3-10H,11-14H2,1-2H3. The molecule has 2 aromatic carbocycles. The minimum Gasteiger partial charge on any atom is -0.336 e. The zero-order chi connectivity index (χ0) is 19.9. The van der Waals surface area contributed by atoms with Crippen molar-refractivity contribution in [1.82, 2.24) is 19.0 Å². The monoisotopic (exact) mass is 398 g/mol. The summed E-state index contributed by atoms with van der Waals surface area (Å²) in [5, 5.41) is 6.12. The van der Waals surface area contributed by atoms with Crippen LogP contribution in [0.25, 0.3) is 22.0 Å². The molecule has 0 spiro atoms. The molecular formula is C20H22N4O3S. The first-order valence-electron chi connectivity index (χ1n) is 9.11. The van der Waals surface area contributed by atoms with Gasteiger partial charge >= 0.3 is 0 Å². The second kappa shape index (κ2) is 7.03. The van der Waals surface area contributed by atoms with Crippen LogP contribution in [0.1, 0.15) is 10.4 Å². The fourth-order valence-electron chi connectivity index (χ4n) is 3.75. The van der Waals surface area contributed by atoms with E-state index in [1.807, 2.05) is 54.2 Å². The molecule has 2 heterocycles. The number of rotatable bonds is 3. The van der Waals surface area contributed by atoms with Crippen LogP contribution in [-0.4, -0.2) is 65.7 Å². The smallest absolute Gasteiger partial charge is 0.254 e. The average Bonchev–Trinajstić information content (AvgIpc) is 3.11. The van der Waals surface area contributed by atoms with E-state index in [2.05, 4.69) is 5.10 Å². The highest BCUT2D eigenvalue weighted by Crippen LogP contribution is 2.30. The van der Waals surface area contributed by atoms with Gasteiger partial charge in [-0.25, -0.2) is 8.42 Å². The van der Waals surface area contributed by atoms with Crippen LogP contribution in [0.3, 0.4) is 0 Å². The Morgan fingerprint density at radius 1 is 0.964 bits per heavy atom. The maximum atomic E-state index is 13.2. The first-order valence-corrected chi connectivity index (χ1v) is 11.0. The van der Waals surface area contributed by atoms with E-state index in [9.17, 15) is 13.2 Å². The van der Waals surface area contributed by atoms with Crippen LogP contribution in [0, 0.1) is 0 Å². The molecule has 4 rings (SSSR count). The third kappa shape index (κ3) is 3.29. The predicted octanol–water partition coefficient (Wildman–Crippen LogP) is 1.96. The number of hydrogen-bond acceptors (Lipinski definition) is 4. The topological polar surface area (TPSA) is 75.5 Å². The van der Waals surface area contributed by atoms with Crippen molar-refractivity contribution < 1.29 is 13.2 Å². The molecule has 146 valence electrons. The molecule has 1 aliphatic heterocycles.